The second-order valence-electron chi connectivity index (χ2n) is 8.64. The Morgan fingerprint density at radius 3 is 2.55 bits per heavy atom. The van der Waals surface area contributed by atoms with E-state index >= 15 is 0 Å². The smallest absolute Gasteiger partial charge is 0.257 e. The number of aromatic amines is 1. The summed E-state index contributed by atoms with van der Waals surface area (Å²) in [6, 6.07) is 4.46. The highest BCUT2D eigenvalue weighted by molar-refractivity contribution is 6.31. The van der Waals surface area contributed by atoms with Gasteiger partial charge in [0.2, 0.25) is 5.95 Å². The topological polar surface area (TPSA) is 73.1 Å². The lowest BCUT2D eigenvalue weighted by molar-refractivity contribution is 0.102. The molecule has 4 rings (SSSR count). The minimum atomic E-state index is -1.19. The first-order chi connectivity index (χ1) is 15.7. The van der Waals surface area contributed by atoms with Crippen LogP contribution in [-0.2, 0) is 0 Å². The van der Waals surface area contributed by atoms with E-state index in [0.717, 1.165) is 37.8 Å². The van der Waals surface area contributed by atoms with Crippen LogP contribution in [-0.4, -0.2) is 47.0 Å². The number of amides is 1. The Morgan fingerprint density at radius 2 is 1.88 bits per heavy atom. The van der Waals surface area contributed by atoms with Gasteiger partial charge >= 0.3 is 0 Å². The molecule has 33 heavy (non-hydrogen) atoms. The maximum absolute atomic E-state index is 14.5. The molecule has 2 aromatic carbocycles. The van der Waals surface area contributed by atoms with Gasteiger partial charge in [-0.15, -0.1) is 0 Å². The number of hydrogen-bond acceptors (Lipinski definition) is 4. The first-order valence-electron chi connectivity index (χ1n) is 10.8. The van der Waals surface area contributed by atoms with Crippen molar-refractivity contribution in [2.24, 2.45) is 0 Å². The summed E-state index contributed by atoms with van der Waals surface area (Å²) in [5, 5.41) is 5.57. The Hall–Kier alpha value is -2.78. The van der Waals surface area contributed by atoms with Crippen molar-refractivity contribution in [1.82, 2.24) is 14.9 Å². The van der Waals surface area contributed by atoms with Gasteiger partial charge in [0.1, 0.15) is 11.3 Å². The van der Waals surface area contributed by atoms with Gasteiger partial charge in [0.25, 0.3) is 5.91 Å². The van der Waals surface area contributed by atoms with Gasteiger partial charge in [-0.1, -0.05) is 30.9 Å². The number of H-pyrrole nitrogens is 1. The number of benzene rings is 2. The highest BCUT2D eigenvalue weighted by atomic mass is 35.5. The van der Waals surface area contributed by atoms with Gasteiger partial charge in [-0.2, -0.15) is 0 Å². The van der Waals surface area contributed by atoms with Crippen molar-refractivity contribution in [2.45, 2.75) is 37.6 Å². The Bertz CT molecular complexity index is 1190. The van der Waals surface area contributed by atoms with Crippen LogP contribution in [0.15, 0.2) is 24.3 Å². The van der Waals surface area contributed by atoms with E-state index in [9.17, 15) is 18.0 Å². The van der Waals surface area contributed by atoms with Crippen LogP contribution in [0.2, 0.25) is 5.02 Å². The molecule has 176 valence electrons. The van der Waals surface area contributed by atoms with Crippen LogP contribution in [0.25, 0.3) is 11.0 Å². The second-order valence-corrected chi connectivity index (χ2v) is 9.05. The molecule has 1 aliphatic carbocycles. The molecule has 0 saturated heterocycles. The molecule has 3 aromatic rings. The van der Waals surface area contributed by atoms with E-state index in [1.54, 1.807) is 0 Å². The van der Waals surface area contributed by atoms with Crippen molar-refractivity contribution >= 4 is 40.2 Å². The monoisotopic (exact) mass is 479 g/mol. The van der Waals surface area contributed by atoms with E-state index < -0.39 is 23.4 Å². The third-order valence-electron chi connectivity index (χ3n) is 6.40. The van der Waals surface area contributed by atoms with E-state index in [1.165, 1.54) is 18.6 Å². The highest BCUT2D eigenvalue weighted by Crippen LogP contribution is 2.33. The zero-order valence-electron chi connectivity index (χ0n) is 18.4. The summed E-state index contributed by atoms with van der Waals surface area (Å²) in [4.78, 5) is 22.1. The Morgan fingerprint density at radius 1 is 1.15 bits per heavy atom. The average molecular weight is 480 g/mol. The summed E-state index contributed by atoms with van der Waals surface area (Å²) in [6.07, 6.45) is 5.48. The normalized spacial score (nSPS) is 15.7. The lowest BCUT2D eigenvalue weighted by atomic mass is 9.80. The van der Waals surface area contributed by atoms with Crippen LogP contribution in [0.5, 0.6) is 0 Å². The number of aromatic nitrogens is 2. The van der Waals surface area contributed by atoms with Crippen molar-refractivity contribution in [1.29, 1.82) is 0 Å². The number of anilines is 2. The van der Waals surface area contributed by atoms with E-state index in [2.05, 4.69) is 25.5 Å². The number of nitrogens with one attached hydrogen (secondary N) is 3. The fourth-order valence-corrected chi connectivity index (χ4v) is 4.56. The lowest BCUT2D eigenvalue weighted by Gasteiger charge is -2.43. The number of rotatable bonds is 6. The predicted octanol–water partition coefficient (Wildman–Crippen LogP) is 5.56. The van der Waals surface area contributed by atoms with Gasteiger partial charge < -0.3 is 20.5 Å². The van der Waals surface area contributed by atoms with Crippen molar-refractivity contribution in [3.8, 4) is 0 Å². The molecule has 1 amide bonds. The predicted molar refractivity (Wildman–Crippen MR) is 123 cm³/mol. The number of nitrogens with zero attached hydrogens (tertiary/aromatic N) is 2. The minimum Gasteiger partial charge on any atom is -0.354 e. The minimum absolute atomic E-state index is 0.0599. The average Bonchev–Trinajstić information content (AvgIpc) is 3.22. The molecule has 1 fully saturated rings. The number of imidazole rings is 1. The summed E-state index contributed by atoms with van der Waals surface area (Å²) in [5.41, 5.74) is -0.201. The van der Waals surface area contributed by atoms with E-state index in [4.69, 9.17) is 11.6 Å². The van der Waals surface area contributed by atoms with Gasteiger partial charge in [-0.25, -0.2) is 18.2 Å². The fourth-order valence-electron chi connectivity index (χ4n) is 4.38. The van der Waals surface area contributed by atoms with Crippen LogP contribution in [0.1, 0.15) is 42.5 Å². The standard InChI is InChI=1S/C23H25ClF3N5O/c1-32(2)23(8-4-3-5-9-23)12-28-22-30-19-14(11-17(26)18(27)20(19)31-22)21(33)29-13-6-7-16(25)15(24)10-13/h6-7,10-11H,3-5,8-9,12H2,1-2H3,(H,29,33)(H2,28,30,31). The quantitative estimate of drug-likeness (QED) is 0.432. The SMILES string of the molecule is CN(C)C1(CNc2nc3c(F)c(F)cc(C(=O)Nc4ccc(F)c(Cl)c4)c3[nH]2)CCCCC1. The number of halogens is 4. The number of fused-ring (bicyclic) bond motifs is 1. The number of likely N-dealkylation sites (N-methyl/N-ethyl adjacent to an activating group) is 1. The van der Waals surface area contributed by atoms with Crippen LogP contribution in [0.4, 0.5) is 24.8 Å². The molecule has 0 aliphatic heterocycles. The summed E-state index contributed by atoms with van der Waals surface area (Å²) in [7, 11) is 4.07. The Labute approximate surface area is 194 Å². The van der Waals surface area contributed by atoms with Crippen molar-refractivity contribution in [2.75, 3.05) is 31.3 Å². The number of carbonyl (C=O) groups excluding carboxylic acids is 1. The maximum atomic E-state index is 14.5. The Kier molecular flexibility index (Phi) is 6.54. The zero-order valence-corrected chi connectivity index (χ0v) is 19.1. The van der Waals surface area contributed by atoms with Gasteiger partial charge in [0.05, 0.1) is 16.1 Å². The van der Waals surface area contributed by atoms with Gasteiger partial charge in [0, 0.05) is 17.8 Å². The van der Waals surface area contributed by atoms with Gasteiger partial charge in [-0.05, 0) is 51.2 Å². The summed E-state index contributed by atoms with van der Waals surface area (Å²) >= 11 is 5.76. The zero-order chi connectivity index (χ0) is 23.8. The molecule has 1 saturated carbocycles. The highest BCUT2D eigenvalue weighted by Gasteiger charge is 2.34. The van der Waals surface area contributed by atoms with Crippen LogP contribution < -0.4 is 10.6 Å². The number of hydrogen-bond donors (Lipinski definition) is 3. The summed E-state index contributed by atoms with van der Waals surface area (Å²) < 4.78 is 42.2. The molecular weight excluding hydrogens is 455 g/mol. The summed E-state index contributed by atoms with van der Waals surface area (Å²) in [5.74, 6) is -3.44. The molecule has 0 unspecified atom stereocenters. The molecule has 10 heteroatoms. The van der Waals surface area contributed by atoms with Gasteiger partial charge in [-0.3, -0.25) is 4.79 Å². The lowest BCUT2D eigenvalue weighted by Crippen LogP contribution is -2.51. The van der Waals surface area contributed by atoms with E-state index in [0.29, 0.717) is 6.54 Å². The van der Waals surface area contributed by atoms with Crippen LogP contribution in [0, 0.1) is 17.5 Å². The van der Waals surface area contributed by atoms with Crippen molar-refractivity contribution in [3.05, 3.63) is 52.3 Å². The van der Waals surface area contributed by atoms with Crippen LogP contribution in [0.3, 0.4) is 0 Å². The molecular formula is C23H25ClF3N5O. The third kappa shape index (κ3) is 4.65. The number of carbonyl (C=O) groups is 1. The van der Waals surface area contributed by atoms with Crippen molar-refractivity contribution in [3.63, 3.8) is 0 Å². The first-order valence-corrected chi connectivity index (χ1v) is 11.1. The molecule has 1 aliphatic rings. The molecule has 0 spiro atoms. The molecule has 6 nitrogen and oxygen atoms in total. The second kappa shape index (κ2) is 9.23. The molecule has 1 aromatic heterocycles. The van der Waals surface area contributed by atoms with Gasteiger partial charge in [0.15, 0.2) is 11.6 Å². The molecule has 3 N–H and O–H groups in total. The summed E-state index contributed by atoms with van der Waals surface area (Å²) in [6.45, 7) is 0.569. The molecule has 1 heterocycles. The largest absolute Gasteiger partial charge is 0.354 e. The fraction of sp³-hybridized carbons (Fsp3) is 0.391. The maximum Gasteiger partial charge on any atom is 0.257 e. The first kappa shape index (κ1) is 23.4. The van der Waals surface area contributed by atoms with Crippen LogP contribution >= 0.6 is 11.6 Å². The Balaban J connectivity index is 1.62. The van der Waals surface area contributed by atoms with Crippen molar-refractivity contribution < 1.29 is 18.0 Å². The third-order valence-corrected chi connectivity index (χ3v) is 6.69. The van der Waals surface area contributed by atoms with E-state index in [-0.39, 0.29) is 38.8 Å². The molecule has 0 radical (unpaired) electrons. The molecule has 0 bridgehead atoms. The van der Waals surface area contributed by atoms with E-state index in [1.807, 2.05) is 14.1 Å². The molecule has 0 atom stereocenters.